The fourth-order valence-corrected chi connectivity index (χ4v) is 2.46. The van der Waals surface area contributed by atoms with Crippen LogP contribution in [-0.2, 0) is 11.3 Å². The normalized spacial score (nSPS) is 12.3. The predicted molar refractivity (Wildman–Crippen MR) is 104 cm³/mol. The second-order valence-corrected chi connectivity index (χ2v) is 6.22. The minimum absolute atomic E-state index is 0.304. The van der Waals surface area contributed by atoms with Gasteiger partial charge in [-0.15, -0.1) is 0 Å². The molecule has 7 heteroatoms. The molecule has 0 aliphatic carbocycles. The van der Waals surface area contributed by atoms with Crippen LogP contribution in [-0.4, -0.2) is 41.3 Å². The molecule has 5 N–H and O–H groups in total. The fraction of sp³-hybridized carbons (Fsp3) is 0.238. The van der Waals surface area contributed by atoms with Gasteiger partial charge in [-0.05, 0) is 55.9 Å². The van der Waals surface area contributed by atoms with Crippen LogP contribution in [0.1, 0.15) is 34.0 Å². The van der Waals surface area contributed by atoms with Crippen molar-refractivity contribution in [3.8, 4) is 11.8 Å². The van der Waals surface area contributed by atoms with Crippen molar-refractivity contribution < 1.29 is 19.9 Å². The molecule has 0 fully saturated rings. The number of hydrogen-bond donors (Lipinski definition) is 5. The van der Waals surface area contributed by atoms with E-state index in [1.54, 1.807) is 24.3 Å². The van der Waals surface area contributed by atoms with E-state index in [1.807, 2.05) is 31.3 Å². The number of benzene rings is 2. The third kappa shape index (κ3) is 5.93. The van der Waals surface area contributed by atoms with Gasteiger partial charge in [-0.2, -0.15) is 0 Å². The molecule has 146 valence electrons. The predicted octanol–water partition coefficient (Wildman–Crippen LogP) is 0.790. The second-order valence-electron chi connectivity index (χ2n) is 6.22. The molecule has 2 unspecified atom stereocenters. The van der Waals surface area contributed by atoms with Crippen LogP contribution in [0, 0.1) is 11.8 Å². The third-order valence-electron chi connectivity index (χ3n) is 3.99. The smallest absolute Gasteiger partial charge is 0.268 e. The third-order valence-corrected chi connectivity index (χ3v) is 3.99. The lowest BCUT2D eigenvalue weighted by molar-refractivity contribution is -0.133. The van der Waals surface area contributed by atoms with E-state index < -0.39 is 24.0 Å². The summed E-state index contributed by atoms with van der Waals surface area (Å²) in [6.07, 6.45) is -1.17. The Balaban J connectivity index is 2.05. The molecule has 2 aromatic rings. The number of hydroxylamine groups is 1. The summed E-state index contributed by atoms with van der Waals surface area (Å²) in [5.74, 6) is 4.65. The molecule has 0 spiro atoms. The van der Waals surface area contributed by atoms with Gasteiger partial charge in [0.25, 0.3) is 11.8 Å². The molecule has 2 atom stereocenters. The molecule has 2 aromatic carbocycles. The molecule has 0 aliphatic rings. The molecule has 0 heterocycles. The lowest BCUT2D eigenvalue weighted by Gasteiger charge is -2.19. The van der Waals surface area contributed by atoms with Crippen LogP contribution in [0.5, 0.6) is 0 Å². The summed E-state index contributed by atoms with van der Waals surface area (Å²) in [5.41, 5.74) is 4.52. The topological polar surface area (TPSA) is 111 Å². The molecular formula is C21H23N3O4. The first kappa shape index (κ1) is 21.1. The molecule has 0 radical (unpaired) electrons. The Kier molecular flexibility index (Phi) is 7.72. The number of aliphatic hydroxyl groups is 1. The summed E-state index contributed by atoms with van der Waals surface area (Å²) in [4.78, 5) is 23.7. The van der Waals surface area contributed by atoms with E-state index in [2.05, 4.69) is 22.5 Å². The first-order valence-corrected chi connectivity index (χ1v) is 8.73. The minimum atomic E-state index is -1.26. The maximum Gasteiger partial charge on any atom is 0.268 e. The Morgan fingerprint density at radius 2 is 1.54 bits per heavy atom. The SMILES string of the molecule is CNCc1ccc(C#Cc2ccc(C(=O)NC(C(=O)NO)C(C)O)cc2)cc1. The largest absolute Gasteiger partial charge is 0.391 e. The number of amides is 2. The van der Waals surface area contributed by atoms with E-state index in [4.69, 9.17) is 5.21 Å². The summed E-state index contributed by atoms with van der Waals surface area (Å²) in [6.45, 7) is 2.14. The van der Waals surface area contributed by atoms with Crippen molar-refractivity contribution in [2.24, 2.45) is 0 Å². The number of aliphatic hydroxyl groups excluding tert-OH is 1. The van der Waals surface area contributed by atoms with Gasteiger partial charge >= 0.3 is 0 Å². The van der Waals surface area contributed by atoms with Gasteiger partial charge in [0.05, 0.1) is 6.10 Å². The fourth-order valence-electron chi connectivity index (χ4n) is 2.46. The Bertz CT molecular complexity index is 865. The number of rotatable bonds is 6. The summed E-state index contributed by atoms with van der Waals surface area (Å²) in [7, 11) is 1.89. The van der Waals surface area contributed by atoms with Crippen LogP contribution in [0.25, 0.3) is 0 Å². The summed E-state index contributed by atoms with van der Waals surface area (Å²) in [6, 6.07) is 13.2. The van der Waals surface area contributed by atoms with Gasteiger partial charge in [0.1, 0.15) is 6.04 Å². The van der Waals surface area contributed by atoms with E-state index in [0.29, 0.717) is 5.56 Å². The monoisotopic (exact) mass is 381 g/mol. The summed E-state index contributed by atoms with van der Waals surface area (Å²) < 4.78 is 0. The lowest BCUT2D eigenvalue weighted by atomic mass is 10.1. The molecule has 0 saturated carbocycles. The molecule has 28 heavy (non-hydrogen) atoms. The van der Waals surface area contributed by atoms with Crippen LogP contribution < -0.4 is 16.1 Å². The van der Waals surface area contributed by atoms with Crippen LogP contribution in [0.15, 0.2) is 48.5 Å². The Hall–Kier alpha value is -3.18. The zero-order valence-electron chi connectivity index (χ0n) is 15.7. The van der Waals surface area contributed by atoms with Crippen molar-refractivity contribution in [1.29, 1.82) is 0 Å². The molecule has 0 aromatic heterocycles. The van der Waals surface area contributed by atoms with Gasteiger partial charge in [-0.3, -0.25) is 14.8 Å². The van der Waals surface area contributed by atoms with E-state index in [1.165, 1.54) is 18.0 Å². The van der Waals surface area contributed by atoms with Crippen molar-refractivity contribution in [1.82, 2.24) is 16.1 Å². The Morgan fingerprint density at radius 1 is 1.00 bits per heavy atom. The Morgan fingerprint density at radius 3 is 2.00 bits per heavy atom. The maximum atomic E-state index is 12.2. The van der Waals surface area contributed by atoms with E-state index in [-0.39, 0.29) is 0 Å². The molecule has 0 aliphatic heterocycles. The summed E-state index contributed by atoms with van der Waals surface area (Å²) in [5, 5.41) is 23.7. The molecule has 2 rings (SSSR count). The number of nitrogens with one attached hydrogen (secondary N) is 3. The van der Waals surface area contributed by atoms with Gasteiger partial charge in [-0.1, -0.05) is 24.0 Å². The zero-order chi connectivity index (χ0) is 20.5. The quantitative estimate of drug-likeness (QED) is 0.289. The van der Waals surface area contributed by atoms with Crippen LogP contribution in [0.4, 0.5) is 0 Å². The van der Waals surface area contributed by atoms with E-state index in [9.17, 15) is 14.7 Å². The lowest BCUT2D eigenvalue weighted by Crippen LogP contribution is -2.51. The highest BCUT2D eigenvalue weighted by molar-refractivity contribution is 5.97. The number of carbonyl (C=O) groups excluding carboxylic acids is 2. The van der Waals surface area contributed by atoms with Crippen LogP contribution >= 0.6 is 0 Å². The second kappa shape index (κ2) is 10.2. The minimum Gasteiger partial charge on any atom is -0.391 e. The van der Waals surface area contributed by atoms with Gasteiger partial charge in [0.2, 0.25) is 0 Å². The molecular weight excluding hydrogens is 358 g/mol. The maximum absolute atomic E-state index is 12.2. The first-order valence-electron chi connectivity index (χ1n) is 8.73. The average molecular weight is 381 g/mol. The van der Waals surface area contributed by atoms with E-state index >= 15 is 0 Å². The number of carbonyl (C=O) groups is 2. The molecule has 7 nitrogen and oxygen atoms in total. The number of hydrogen-bond acceptors (Lipinski definition) is 5. The van der Waals surface area contributed by atoms with Crippen LogP contribution in [0.2, 0.25) is 0 Å². The Labute approximate surface area is 163 Å². The van der Waals surface area contributed by atoms with Crippen LogP contribution in [0.3, 0.4) is 0 Å². The van der Waals surface area contributed by atoms with Gasteiger partial charge in [0, 0.05) is 23.2 Å². The zero-order valence-corrected chi connectivity index (χ0v) is 15.7. The van der Waals surface area contributed by atoms with E-state index in [0.717, 1.165) is 17.7 Å². The van der Waals surface area contributed by atoms with Crippen molar-refractivity contribution >= 4 is 11.8 Å². The van der Waals surface area contributed by atoms with Gasteiger partial charge in [0.15, 0.2) is 0 Å². The van der Waals surface area contributed by atoms with Crippen molar-refractivity contribution in [3.63, 3.8) is 0 Å². The summed E-state index contributed by atoms with van der Waals surface area (Å²) >= 11 is 0. The first-order chi connectivity index (χ1) is 13.4. The highest BCUT2D eigenvalue weighted by Gasteiger charge is 2.25. The molecule has 0 bridgehead atoms. The average Bonchev–Trinajstić information content (AvgIpc) is 2.71. The highest BCUT2D eigenvalue weighted by atomic mass is 16.5. The van der Waals surface area contributed by atoms with Crippen molar-refractivity contribution in [2.45, 2.75) is 25.6 Å². The van der Waals surface area contributed by atoms with Crippen molar-refractivity contribution in [3.05, 3.63) is 70.8 Å². The molecule has 2 amide bonds. The van der Waals surface area contributed by atoms with Gasteiger partial charge < -0.3 is 15.7 Å². The van der Waals surface area contributed by atoms with Crippen molar-refractivity contribution in [2.75, 3.05) is 7.05 Å². The highest BCUT2D eigenvalue weighted by Crippen LogP contribution is 2.07. The van der Waals surface area contributed by atoms with Gasteiger partial charge in [-0.25, -0.2) is 5.48 Å². The molecule has 0 saturated heterocycles. The standard InChI is InChI=1S/C21H23N3O4/c1-14(25)19(21(27)24-28)23-20(26)18-11-9-16(10-12-18)4-3-15-5-7-17(8-6-15)13-22-2/h5-12,14,19,22,25,28H,13H2,1-2H3,(H,23,26)(H,24,27).